The summed E-state index contributed by atoms with van der Waals surface area (Å²) in [6.07, 6.45) is -5.14. The van der Waals surface area contributed by atoms with Crippen LogP contribution in [0.5, 0.6) is 5.75 Å². The van der Waals surface area contributed by atoms with Crippen molar-refractivity contribution in [2.24, 2.45) is 5.73 Å². The first-order valence-corrected chi connectivity index (χ1v) is 11.4. The number of fused-ring (bicyclic) bond motifs is 1. The Bertz CT molecular complexity index is 1110. The number of ether oxygens (including phenoxy) is 1. The summed E-state index contributed by atoms with van der Waals surface area (Å²) in [5.41, 5.74) is 0.176. The van der Waals surface area contributed by atoms with Crippen molar-refractivity contribution in [3.8, 4) is 17.0 Å². The third-order valence-corrected chi connectivity index (χ3v) is 7.37. The first-order chi connectivity index (χ1) is 15.0. The average molecular weight is 510 g/mol. The van der Waals surface area contributed by atoms with Gasteiger partial charge >= 0.3 is 6.18 Å². The van der Waals surface area contributed by atoms with Crippen LogP contribution in [0.4, 0.5) is 17.6 Å². The number of nitrogens with zero attached hydrogens (tertiary/aromatic N) is 1. The molecule has 33 heavy (non-hydrogen) atoms. The van der Waals surface area contributed by atoms with E-state index in [-0.39, 0.29) is 34.2 Å². The van der Waals surface area contributed by atoms with Crippen LogP contribution in [0.15, 0.2) is 24.3 Å². The molecule has 0 saturated heterocycles. The number of alkyl halides is 3. The quantitative estimate of drug-likeness (QED) is 0.531. The van der Waals surface area contributed by atoms with Crippen LogP contribution in [0.1, 0.15) is 39.0 Å². The number of rotatable bonds is 5. The van der Waals surface area contributed by atoms with Gasteiger partial charge in [0.25, 0.3) is 0 Å². The van der Waals surface area contributed by atoms with E-state index in [0.717, 1.165) is 12.1 Å². The highest BCUT2D eigenvalue weighted by atomic mass is 35.5. The third-order valence-electron chi connectivity index (χ3n) is 5.33. The van der Waals surface area contributed by atoms with E-state index in [1.165, 1.54) is 12.1 Å². The van der Waals surface area contributed by atoms with Gasteiger partial charge in [-0.1, -0.05) is 11.6 Å². The molecule has 2 heterocycles. The fourth-order valence-electron chi connectivity index (χ4n) is 3.24. The van der Waals surface area contributed by atoms with Gasteiger partial charge in [0.15, 0.2) is 5.75 Å². The molecule has 3 unspecified atom stereocenters. The van der Waals surface area contributed by atoms with Gasteiger partial charge < -0.3 is 15.6 Å². The molecule has 2 aromatic rings. The van der Waals surface area contributed by atoms with Crippen LogP contribution < -0.4 is 15.2 Å². The first kappa shape index (κ1) is 25.8. The molecule has 12 heteroatoms. The highest BCUT2D eigenvalue weighted by molar-refractivity contribution is 7.84. The number of aliphatic hydroxyl groups is 1. The number of nitrogens with two attached hydrogens (primary N) is 1. The average Bonchev–Trinajstić information content (AvgIpc) is 3.03. The van der Waals surface area contributed by atoms with Gasteiger partial charge in [0.1, 0.15) is 18.1 Å². The molecule has 0 bridgehead atoms. The number of hydrogen-bond acceptors (Lipinski definition) is 5. The van der Waals surface area contributed by atoms with Crippen molar-refractivity contribution >= 4 is 22.6 Å². The van der Waals surface area contributed by atoms with Gasteiger partial charge in [0.2, 0.25) is 5.60 Å². The maximum Gasteiger partial charge on any atom is 0.424 e. The molecule has 0 aliphatic carbocycles. The number of benzene rings is 1. The lowest BCUT2D eigenvalue weighted by atomic mass is 9.89. The van der Waals surface area contributed by atoms with Crippen molar-refractivity contribution in [1.29, 1.82) is 0 Å². The maximum absolute atomic E-state index is 13.8. The molecular formula is C21H24ClF4N3O3S. The molecule has 1 aromatic carbocycles. The lowest BCUT2D eigenvalue weighted by molar-refractivity contribution is -0.263. The van der Waals surface area contributed by atoms with Crippen LogP contribution in [-0.2, 0) is 22.1 Å². The molecule has 3 atom stereocenters. The van der Waals surface area contributed by atoms with Crippen LogP contribution in [-0.4, -0.2) is 38.4 Å². The van der Waals surface area contributed by atoms with E-state index in [0.29, 0.717) is 0 Å². The predicted molar refractivity (Wildman–Crippen MR) is 118 cm³/mol. The smallest absolute Gasteiger partial charge is 0.424 e. The van der Waals surface area contributed by atoms with Gasteiger partial charge in [-0.05, 0) is 52.0 Å². The zero-order valence-corrected chi connectivity index (χ0v) is 19.9. The van der Waals surface area contributed by atoms with Gasteiger partial charge in [-0.2, -0.15) is 13.2 Å². The Morgan fingerprint density at radius 1 is 1.30 bits per heavy atom. The molecule has 0 saturated carbocycles. The third kappa shape index (κ3) is 4.61. The van der Waals surface area contributed by atoms with Crippen molar-refractivity contribution in [3.05, 3.63) is 46.4 Å². The van der Waals surface area contributed by atoms with Gasteiger partial charge in [-0.25, -0.2) is 18.3 Å². The zero-order valence-electron chi connectivity index (χ0n) is 18.3. The lowest BCUT2D eigenvalue weighted by Crippen LogP contribution is -2.50. The van der Waals surface area contributed by atoms with Crippen LogP contribution in [0.3, 0.4) is 0 Å². The predicted octanol–water partition coefficient (Wildman–Crippen LogP) is 3.91. The van der Waals surface area contributed by atoms with E-state index in [1.807, 2.05) is 0 Å². The molecule has 4 N–H and O–H groups in total. The minimum Gasteiger partial charge on any atom is -0.489 e. The Morgan fingerprint density at radius 3 is 2.45 bits per heavy atom. The summed E-state index contributed by atoms with van der Waals surface area (Å²) >= 11 is 5.87. The van der Waals surface area contributed by atoms with E-state index in [4.69, 9.17) is 22.1 Å². The molecule has 1 aromatic heterocycles. The summed E-state index contributed by atoms with van der Waals surface area (Å²) in [6, 6.07) is 4.56. The highest BCUT2D eigenvalue weighted by Crippen LogP contribution is 2.47. The number of hydrogen-bond donors (Lipinski definition) is 3. The van der Waals surface area contributed by atoms with E-state index in [1.54, 1.807) is 27.7 Å². The Labute approximate surface area is 196 Å². The fraction of sp³-hybridized carbons (Fsp3) is 0.476. The van der Waals surface area contributed by atoms with Crippen LogP contribution in [0.25, 0.3) is 11.3 Å². The summed E-state index contributed by atoms with van der Waals surface area (Å²) in [5, 5.41) is 10.2. The molecule has 0 amide bonds. The zero-order chi connectivity index (χ0) is 25.0. The Hall–Kier alpha value is -1.79. The Kier molecular flexibility index (Phi) is 6.62. The van der Waals surface area contributed by atoms with Crippen molar-refractivity contribution in [1.82, 2.24) is 9.71 Å². The van der Waals surface area contributed by atoms with E-state index < -0.39 is 51.1 Å². The molecule has 0 fully saturated rings. The first-order valence-electron chi connectivity index (χ1n) is 9.86. The number of aromatic nitrogens is 1. The standard InChI is InChI=1S/C21H24ClF4N3O3S/c1-18(2,3)33(31)29-19(4)10-32-17-12(19)8-15(20(30,9-27)21(24,25)26)28-16(17)11-5-6-14(23)13(22)7-11/h5-8,29-30H,9-10,27H2,1-4H3. The minimum atomic E-state index is -5.14. The monoisotopic (exact) mass is 509 g/mol. The summed E-state index contributed by atoms with van der Waals surface area (Å²) in [4.78, 5) is 4.03. The van der Waals surface area contributed by atoms with Gasteiger partial charge in [-0.3, -0.25) is 0 Å². The van der Waals surface area contributed by atoms with E-state index in [2.05, 4.69) is 9.71 Å². The summed E-state index contributed by atoms with van der Waals surface area (Å²) in [6.45, 7) is 5.54. The topological polar surface area (TPSA) is 97.5 Å². The molecular weight excluding hydrogens is 486 g/mol. The molecule has 3 rings (SSSR count). The van der Waals surface area contributed by atoms with E-state index in [9.17, 15) is 26.9 Å². The summed E-state index contributed by atoms with van der Waals surface area (Å²) in [7, 11) is -1.61. The number of halogens is 5. The maximum atomic E-state index is 13.8. The van der Waals surface area contributed by atoms with Crippen LogP contribution in [0.2, 0.25) is 5.02 Å². The molecule has 6 nitrogen and oxygen atoms in total. The van der Waals surface area contributed by atoms with Crippen molar-refractivity contribution in [2.45, 2.75) is 49.8 Å². The number of nitrogens with one attached hydrogen (secondary N) is 1. The minimum absolute atomic E-state index is 0.0791. The molecule has 1 aliphatic rings. The van der Waals surface area contributed by atoms with Crippen molar-refractivity contribution in [2.75, 3.05) is 13.2 Å². The molecule has 182 valence electrons. The number of pyridine rings is 1. The second-order valence-corrected chi connectivity index (χ2v) is 11.4. The summed E-state index contributed by atoms with van der Waals surface area (Å²) < 4.78 is 76.0. The van der Waals surface area contributed by atoms with Gasteiger partial charge in [0, 0.05) is 17.7 Å². The van der Waals surface area contributed by atoms with Gasteiger partial charge in [-0.15, -0.1) is 0 Å². The molecule has 1 aliphatic heterocycles. The fourth-order valence-corrected chi connectivity index (χ4v) is 4.31. The van der Waals surface area contributed by atoms with Crippen LogP contribution in [0, 0.1) is 5.82 Å². The molecule has 0 radical (unpaired) electrons. The second kappa shape index (κ2) is 8.46. The normalized spacial score (nSPS) is 21.3. The van der Waals surface area contributed by atoms with Crippen molar-refractivity contribution in [3.63, 3.8) is 0 Å². The second-order valence-electron chi connectivity index (χ2n) is 9.03. The Balaban J connectivity index is 2.29. The highest BCUT2D eigenvalue weighted by Gasteiger charge is 2.56. The summed E-state index contributed by atoms with van der Waals surface area (Å²) in [5.74, 6) is -0.626. The van der Waals surface area contributed by atoms with Gasteiger partial charge in [0.05, 0.1) is 32.0 Å². The Morgan fingerprint density at radius 2 is 1.94 bits per heavy atom. The van der Waals surface area contributed by atoms with E-state index >= 15 is 0 Å². The SMILES string of the molecule is CC1(NS(=O)C(C)(C)C)COc2c1cc(C(O)(CN)C(F)(F)F)nc2-c1ccc(F)c(Cl)c1. The largest absolute Gasteiger partial charge is 0.489 e. The van der Waals surface area contributed by atoms with Crippen LogP contribution >= 0.6 is 11.6 Å². The lowest BCUT2D eigenvalue weighted by Gasteiger charge is -2.31. The van der Waals surface area contributed by atoms with Crippen molar-refractivity contribution < 1.29 is 31.6 Å². The molecule has 0 spiro atoms.